The van der Waals surface area contributed by atoms with Crippen molar-refractivity contribution in [2.24, 2.45) is 5.92 Å². The maximum atomic E-state index is 9.56. The zero-order valence-electron chi connectivity index (χ0n) is 10.1. The Morgan fingerprint density at radius 3 is 2.88 bits per heavy atom. The van der Waals surface area contributed by atoms with E-state index in [0.29, 0.717) is 18.3 Å². The Morgan fingerprint density at radius 1 is 1.41 bits per heavy atom. The highest BCUT2D eigenvalue weighted by Gasteiger charge is 2.17. The van der Waals surface area contributed by atoms with Gasteiger partial charge >= 0.3 is 0 Å². The minimum Gasteiger partial charge on any atom is -0.504 e. The van der Waals surface area contributed by atoms with Crippen LogP contribution in [0.1, 0.15) is 12.8 Å². The maximum Gasteiger partial charge on any atom is 0.160 e. The van der Waals surface area contributed by atoms with E-state index in [1.54, 1.807) is 12.1 Å². The number of phenols is 1. The van der Waals surface area contributed by atoms with E-state index >= 15 is 0 Å². The Balaban J connectivity index is 0.00000144. The first-order valence-corrected chi connectivity index (χ1v) is 5.85. The molecule has 0 saturated carbocycles. The molecule has 3 nitrogen and oxygen atoms in total. The van der Waals surface area contributed by atoms with Gasteiger partial charge in [0.2, 0.25) is 0 Å². The standard InChI is InChI=1S/C13H19NO2.ClH/c1-14-8-4-5-11(9-14)10-16-13-7-3-2-6-12(13)15;/h2-3,6-7,11,15H,4-5,8-10H2,1H3;1H/t11-;/m1./s1. The van der Waals surface area contributed by atoms with Gasteiger partial charge in [-0.1, -0.05) is 12.1 Å². The Kier molecular flexibility index (Phi) is 5.59. The lowest BCUT2D eigenvalue weighted by molar-refractivity contribution is 0.148. The van der Waals surface area contributed by atoms with Crippen molar-refractivity contribution in [3.05, 3.63) is 24.3 Å². The van der Waals surface area contributed by atoms with Gasteiger partial charge in [-0.25, -0.2) is 0 Å². The van der Waals surface area contributed by atoms with Crippen molar-refractivity contribution in [1.29, 1.82) is 0 Å². The number of para-hydroxylation sites is 2. The minimum atomic E-state index is 0. The molecule has 17 heavy (non-hydrogen) atoms. The minimum absolute atomic E-state index is 0. The molecule has 2 rings (SSSR count). The van der Waals surface area contributed by atoms with Crippen LogP contribution in [0.5, 0.6) is 11.5 Å². The number of aromatic hydroxyl groups is 1. The van der Waals surface area contributed by atoms with Gasteiger partial charge in [-0.2, -0.15) is 0 Å². The molecule has 0 aliphatic carbocycles. The SMILES string of the molecule is CN1CCC[C@@H](COc2ccccc2O)C1.Cl. The van der Waals surface area contributed by atoms with Gasteiger partial charge in [-0.3, -0.25) is 0 Å². The van der Waals surface area contributed by atoms with Crippen LogP contribution in [0, 0.1) is 5.92 Å². The van der Waals surface area contributed by atoms with Crippen molar-refractivity contribution in [3.63, 3.8) is 0 Å². The molecule has 1 fully saturated rings. The van der Waals surface area contributed by atoms with E-state index in [0.717, 1.165) is 6.54 Å². The number of hydrogen-bond donors (Lipinski definition) is 1. The quantitative estimate of drug-likeness (QED) is 0.903. The van der Waals surface area contributed by atoms with Crippen LogP contribution in [-0.2, 0) is 0 Å². The number of ether oxygens (including phenoxy) is 1. The molecule has 0 radical (unpaired) electrons. The summed E-state index contributed by atoms with van der Waals surface area (Å²) in [5.41, 5.74) is 0. The second-order valence-electron chi connectivity index (χ2n) is 4.55. The molecule has 0 unspecified atom stereocenters. The normalized spacial score (nSPS) is 20.6. The van der Waals surface area contributed by atoms with Crippen LogP contribution in [0.15, 0.2) is 24.3 Å². The highest BCUT2D eigenvalue weighted by atomic mass is 35.5. The van der Waals surface area contributed by atoms with Crippen molar-refractivity contribution in [3.8, 4) is 11.5 Å². The molecule has 1 atom stereocenters. The summed E-state index contributed by atoms with van der Waals surface area (Å²) >= 11 is 0. The van der Waals surface area contributed by atoms with Crippen LogP contribution < -0.4 is 4.74 Å². The highest BCUT2D eigenvalue weighted by Crippen LogP contribution is 2.25. The molecule has 1 heterocycles. The van der Waals surface area contributed by atoms with Crippen molar-refractivity contribution >= 4 is 12.4 Å². The molecule has 0 aromatic heterocycles. The molecule has 0 spiro atoms. The molecular weight excluding hydrogens is 238 g/mol. The fourth-order valence-corrected chi connectivity index (χ4v) is 2.20. The number of rotatable bonds is 3. The number of piperidine rings is 1. The average molecular weight is 258 g/mol. The summed E-state index contributed by atoms with van der Waals surface area (Å²) in [5, 5.41) is 9.56. The van der Waals surface area contributed by atoms with Crippen LogP contribution in [0.3, 0.4) is 0 Å². The van der Waals surface area contributed by atoms with E-state index in [2.05, 4.69) is 11.9 Å². The lowest BCUT2D eigenvalue weighted by atomic mass is 10.00. The zero-order valence-corrected chi connectivity index (χ0v) is 10.9. The Bertz CT molecular complexity index is 346. The molecule has 4 heteroatoms. The van der Waals surface area contributed by atoms with Crippen molar-refractivity contribution in [2.45, 2.75) is 12.8 Å². The van der Waals surface area contributed by atoms with E-state index in [1.807, 2.05) is 12.1 Å². The maximum absolute atomic E-state index is 9.56. The monoisotopic (exact) mass is 257 g/mol. The van der Waals surface area contributed by atoms with E-state index in [1.165, 1.54) is 19.4 Å². The third-order valence-corrected chi connectivity index (χ3v) is 3.06. The third-order valence-electron chi connectivity index (χ3n) is 3.06. The van der Waals surface area contributed by atoms with Crippen LogP contribution in [0.4, 0.5) is 0 Å². The molecule has 96 valence electrons. The molecule has 1 aliphatic rings. The van der Waals surface area contributed by atoms with Gasteiger partial charge in [0.25, 0.3) is 0 Å². The molecule has 0 amide bonds. The van der Waals surface area contributed by atoms with Crippen molar-refractivity contribution < 1.29 is 9.84 Å². The number of likely N-dealkylation sites (tertiary alicyclic amines) is 1. The van der Waals surface area contributed by atoms with Gasteiger partial charge in [-0.05, 0) is 38.6 Å². The van der Waals surface area contributed by atoms with Crippen molar-refractivity contribution in [1.82, 2.24) is 4.90 Å². The molecule has 1 aromatic rings. The molecule has 1 saturated heterocycles. The van der Waals surface area contributed by atoms with Gasteiger partial charge in [0.15, 0.2) is 11.5 Å². The van der Waals surface area contributed by atoms with E-state index < -0.39 is 0 Å². The summed E-state index contributed by atoms with van der Waals surface area (Å²) in [6.45, 7) is 2.97. The Morgan fingerprint density at radius 2 is 2.18 bits per heavy atom. The second-order valence-corrected chi connectivity index (χ2v) is 4.55. The first kappa shape index (κ1) is 14.1. The highest BCUT2D eigenvalue weighted by molar-refractivity contribution is 5.85. The van der Waals surface area contributed by atoms with Gasteiger partial charge in [0, 0.05) is 12.5 Å². The van der Waals surface area contributed by atoms with E-state index in [4.69, 9.17) is 4.74 Å². The fraction of sp³-hybridized carbons (Fsp3) is 0.538. The summed E-state index contributed by atoms with van der Waals surface area (Å²) in [6.07, 6.45) is 2.46. The van der Waals surface area contributed by atoms with Gasteiger partial charge < -0.3 is 14.7 Å². The summed E-state index contributed by atoms with van der Waals surface area (Å²) in [5.74, 6) is 1.40. The van der Waals surface area contributed by atoms with Crippen LogP contribution in [0.25, 0.3) is 0 Å². The van der Waals surface area contributed by atoms with Gasteiger partial charge in [0.05, 0.1) is 6.61 Å². The fourth-order valence-electron chi connectivity index (χ4n) is 2.20. The molecule has 1 aromatic carbocycles. The third kappa shape index (κ3) is 4.10. The van der Waals surface area contributed by atoms with E-state index in [-0.39, 0.29) is 18.2 Å². The number of hydrogen-bond acceptors (Lipinski definition) is 3. The smallest absolute Gasteiger partial charge is 0.160 e. The van der Waals surface area contributed by atoms with Crippen LogP contribution in [0.2, 0.25) is 0 Å². The second kappa shape index (κ2) is 6.72. The lowest BCUT2D eigenvalue weighted by Crippen LogP contribution is -2.34. The van der Waals surface area contributed by atoms with Gasteiger partial charge in [0.1, 0.15) is 0 Å². The predicted molar refractivity (Wildman–Crippen MR) is 71.1 cm³/mol. The Labute approximate surface area is 109 Å². The number of halogens is 1. The number of benzene rings is 1. The van der Waals surface area contributed by atoms with Gasteiger partial charge in [-0.15, -0.1) is 12.4 Å². The summed E-state index contributed by atoms with van der Waals surface area (Å²) in [6, 6.07) is 7.14. The van der Waals surface area contributed by atoms with Crippen molar-refractivity contribution in [2.75, 3.05) is 26.7 Å². The predicted octanol–water partition coefficient (Wildman–Crippen LogP) is 2.53. The molecular formula is C13H20ClNO2. The van der Waals surface area contributed by atoms with E-state index in [9.17, 15) is 5.11 Å². The lowest BCUT2D eigenvalue weighted by Gasteiger charge is -2.29. The topological polar surface area (TPSA) is 32.7 Å². The number of phenolic OH excluding ortho intramolecular Hbond substituents is 1. The largest absolute Gasteiger partial charge is 0.504 e. The van der Waals surface area contributed by atoms with Crippen LogP contribution in [-0.4, -0.2) is 36.8 Å². The first-order chi connectivity index (χ1) is 7.75. The average Bonchev–Trinajstić information content (AvgIpc) is 2.28. The number of nitrogens with zero attached hydrogens (tertiary/aromatic N) is 1. The zero-order chi connectivity index (χ0) is 11.4. The summed E-state index contributed by atoms with van der Waals surface area (Å²) in [7, 11) is 2.14. The first-order valence-electron chi connectivity index (χ1n) is 5.85. The summed E-state index contributed by atoms with van der Waals surface area (Å²) < 4.78 is 5.65. The summed E-state index contributed by atoms with van der Waals surface area (Å²) in [4.78, 5) is 2.34. The molecule has 1 aliphatic heterocycles. The molecule has 0 bridgehead atoms. The van der Waals surface area contributed by atoms with Crippen LogP contribution >= 0.6 is 12.4 Å². The Hall–Kier alpha value is -0.930. The molecule has 1 N–H and O–H groups in total.